The standard InChI is InChI=1S/C13H19NO/c1-11(15)13-9-5-4-7-12(13)8-6-10-14(2)3/h4-5,7,9H,6,8,10H2,1-3H3. The van der Waals surface area contributed by atoms with Crippen molar-refractivity contribution in [2.45, 2.75) is 19.8 Å². The van der Waals surface area contributed by atoms with E-state index in [1.165, 1.54) is 5.56 Å². The Bertz CT molecular complexity index is 331. The zero-order valence-electron chi connectivity index (χ0n) is 9.79. The Morgan fingerprint density at radius 2 is 1.93 bits per heavy atom. The van der Waals surface area contributed by atoms with Crippen molar-refractivity contribution in [3.8, 4) is 0 Å². The summed E-state index contributed by atoms with van der Waals surface area (Å²) in [6.07, 6.45) is 2.07. The molecule has 0 aromatic heterocycles. The Balaban J connectivity index is 2.63. The van der Waals surface area contributed by atoms with Gasteiger partial charge in [0, 0.05) is 5.56 Å². The first-order valence-corrected chi connectivity index (χ1v) is 5.35. The van der Waals surface area contributed by atoms with Crippen molar-refractivity contribution in [3.05, 3.63) is 35.4 Å². The molecular weight excluding hydrogens is 186 g/mol. The second-order valence-corrected chi connectivity index (χ2v) is 4.12. The van der Waals surface area contributed by atoms with Crippen molar-refractivity contribution < 1.29 is 4.79 Å². The third kappa shape index (κ3) is 3.84. The molecule has 0 atom stereocenters. The van der Waals surface area contributed by atoms with Crippen molar-refractivity contribution in [1.29, 1.82) is 0 Å². The summed E-state index contributed by atoms with van der Waals surface area (Å²) in [7, 11) is 4.13. The topological polar surface area (TPSA) is 20.3 Å². The molecule has 1 aromatic rings. The van der Waals surface area contributed by atoms with E-state index < -0.39 is 0 Å². The van der Waals surface area contributed by atoms with Gasteiger partial charge in [-0.3, -0.25) is 4.79 Å². The number of ketones is 1. The van der Waals surface area contributed by atoms with Crippen LogP contribution in [0.2, 0.25) is 0 Å². The molecule has 0 unspecified atom stereocenters. The van der Waals surface area contributed by atoms with Gasteiger partial charge in [-0.2, -0.15) is 0 Å². The molecule has 0 saturated heterocycles. The fourth-order valence-corrected chi connectivity index (χ4v) is 1.67. The number of rotatable bonds is 5. The zero-order valence-corrected chi connectivity index (χ0v) is 9.79. The summed E-state index contributed by atoms with van der Waals surface area (Å²) in [5.41, 5.74) is 2.04. The number of nitrogens with zero attached hydrogens (tertiary/aromatic N) is 1. The molecule has 0 saturated carbocycles. The van der Waals surface area contributed by atoms with Gasteiger partial charge in [0.1, 0.15) is 0 Å². The van der Waals surface area contributed by atoms with Gasteiger partial charge in [-0.15, -0.1) is 0 Å². The minimum Gasteiger partial charge on any atom is -0.309 e. The van der Waals surface area contributed by atoms with Gasteiger partial charge in [-0.05, 0) is 46.0 Å². The highest BCUT2D eigenvalue weighted by Gasteiger charge is 2.05. The first-order chi connectivity index (χ1) is 7.11. The van der Waals surface area contributed by atoms with Crippen LogP contribution in [-0.4, -0.2) is 31.3 Å². The maximum Gasteiger partial charge on any atom is 0.160 e. The second-order valence-electron chi connectivity index (χ2n) is 4.12. The smallest absolute Gasteiger partial charge is 0.160 e. The Morgan fingerprint density at radius 3 is 2.53 bits per heavy atom. The van der Waals surface area contributed by atoms with E-state index in [1.54, 1.807) is 6.92 Å². The van der Waals surface area contributed by atoms with Crippen LogP contribution in [0.3, 0.4) is 0 Å². The average molecular weight is 205 g/mol. The van der Waals surface area contributed by atoms with Crippen molar-refractivity contribution in [3.63, 3.8) is 0 Å². The van der Waals surface area contributed by atoms with Crippen LogP contribution in [0.4, 0.5) is 0 Å². The number of carbonyl (C=O) groups is 1. The average Bonchev–Trinajstić information content (AvgIpc) is 2.17. The van der Waals surface area contributed by atoms with E-state index in [-0.39, 0.29) is 5.78 Å². The number of aryl methyl sites for hydroxylation is 1. The van der Waals surface area contributed by atoms with Gasteiger partial charge >= 0.3 is 0 Å². The minimum atomic E-state index is 0.162. The molecule has 2 heteroatoms. The molecule has 0 spiro atoms. The molecule has 0 aliphatic heterocycles. The Hall–Kier alpha value is -1.15. The molecule has 0 radical (unpaired) electrons. The molecule has 0 aliphatic carbocycles. The second kappa shape index (κ2) is 5.66. The summed E-state index contributed by atoms with van der Waals surface area (Å²) >= 11 is 0. The number of carbonyl (C=O) groups excluding carboxylic acids is 1. The highest BCUT2D eigenvalue weighted by Crippen LogP contribution is 2.11. The summed E-state index contributed by atoms with van der Waals surface area (Å²) < 4.78 is 0. The summed E-state index contributed by atoms with van der Waals surface area (Å²) in [5.74, 6) is 0.162. The van der Waals surface area contributed by atoms with E-state index in [0.29, 0.717) is 0 Å². The molecule has 0 aliphatic rings. The van der Waals surface area contributed by atoms with E-state index in [4.69, 9.17) is 0 Å². The van der Waals surface area contributed by atoms with Crippen LogP contribution in [0, 0.1) is 0 Å². The predicted octanol–water partition coefficient (Wildman–Crippen LogP) is 2.38. The van der Waals surface area contributed by atoms with Crippen LogP contribution in [0.5, 0.6) is 0 Å². The molecule has 0 heterocycles. The van der Waals surface area contributed by atoms with Gasteiger partial charge in [-0.25, -0.2) is 0 Å². The lowest BCUT2D eigenvalue weighted by molar-refractivity contribution is 0.101. The van der Waals surface area contributed by atoms with Crippen molar-refractivity contribution in [2.24, 2.45) is 0 Å². The first kappa shape index (κ1) is 11.9. The molecule has 0 N–H and O–H groups in total. The first-order valence-electron chi connectivity index (χ1n) is 5.35. The molecule has 0 bridgehead atoms. The number of benzene rings is 1. The van der Waals surface area contributed by atoms with Crippen LogP contribution in [0.1, 0.15) is 29.3 Å². The number of Topliss-reactive ketones (excluding diaryl/α,β-unsaturated/α-hetero) is 1. The maximum atomic E-state index is 11.4. The van der Waals surface area contributed by atoms with Gasteiger partial charge in [0.15, 0.2) is 5.78 Å². The molecular formula is C13H19NO. The van der Waals surface area contributed by atoms with Crippen LogP contribution >= 0.6 is 0 Å². The predicted molar refractivity (Wildman–Crippen MR) is 63.3 cm³/mol. The van der Waals surface area contributed by atoms with Crippen molar-refractivity contribution >= 4 is 5.78 Å². The summed E-state index contributed by atoms with van der Waals surface area (Å²) in [6.45, 7) is 2.69. The van der Waals surface area contributed by atoms with E-state index in [1.807, 2.05) is 24.3 Å². The summed E-state index contributed by atoms with van der Waals surface area (Å²) in [4.78, 5) is 13.5. The van der Waals surface area contributed by atoms with Crippen LogP contribution in [0.25, 0.3) is 0 Å². The zero-order chi connectivity index (χ0) is 11.3. The monoisotopic (exact) mass is 205 g/mol. The molecule has 0 amide bonds. The largest absolute Gasteiger partial charge is 0.309 e. The third-order valence-electron chi connectivity index (χ3n) is 2.45. The Morgan fingerprint density at radius 1 is 1.27 bits per heavy atom. The fourth-order valence-electron chi connectivity index (χ4n) is 1.67. The molecule has 15 heavy (non-hydrogen) atoms. The molecule has 82 valence electrons. The van der Waals surface area contributed by atoms with Gasteiger partial charge < -0.3 is 4.90 Å². The quantitative estimate of drug-likeness (QED) is 0.688. The van der Waals surface area contributed by atoms with Crippen molar-refractivity contribution in [1.82, 2.24) is 4.90 Å². The Labute approximate surface area is 91.9 Å². The van der Waals surface area contributed by atoms with E-state index >= 15 is 0 Å². The number of hydrogen-bond donors (Lipinski definition) is 0. The van der Waals surface area contributed by atoms with Crippen LogP contribution in [-0.2, 0) is 6.42 Å². The van der Waals surface area contributed by atoms with Crippen LogP contribution < -0.4 is 0 Å². The molecule has 0 fully saturated rings. The lowest BCUT2D eigenvalue weighted by Gasteiger charge is -2.10. The highest BCUT2D eigenvalue weighted by atomic mass is 16.1. The van der Waals surface area contributed by atoms with E-state index in [9.17, 15) is 4.79 Å². The van der Waals surface area contributed by atoms with Gasteiger partial charge in [0.25, 0.3) is 0 Å². The van der Waals surface area contributed by atoms with Gasteiger partial charge in [-0.1, -0.05) is 24.3 Å². The molecule has 1 aromatic carbocycles. The van der Waals surface area contributed by atoms with Gasteiger partial charge in [0.05, 0.1) is 0 Å². The van der Waals surface area contributed by atoms with Crippen LogP contribution in [0.15, 0.2) is 24.3 Å². The summed E-state index contributed by atoms with van der Waals surface area (Å²) in [5, 5.41) is 0. The normalized spacial score (nSPS) is 10.7. The maximum absolute atomic E-state index is 11.4. The molecule has 1 rings (SSSR count). The van der Waals surface area contributed by atoms with Crippen molar-refractivity contribution in [2.75, 3.05) is 20.6 Å². The lowest BCUT2D eigenvalue weighted by atomic mass is 10.0. The third-order valence-corrected chi connectivity index (χ3v) is 2.45. The lowest BCUT2D eigenvalue weighted by Crippen LogP contribution is -2.14. The van der Waals surface area contributed by atoms with E-state index in [2.05, 4.69) is 19.0 Å². The summed E-state index contributed by atoms with van der Waals surface area (Å²) in [6, 6.07) is 7.88. The SMILES string of the molecule is CC(=O)c1ccccc1CCCN(C)C. The molecule has 2 nitrogen and oxygen atoms in total. The van der Waals surface area contributed by atoms with E-state index in [0.717, 1.165) is 24.9 Å². The minimum absolute atomic E-state index is 0.162. The van der Waals surface area contributed by atoms with Gasteiger partial charge in [0.2, 0.25) is 0 Å². The highest BCUT2D eigenvalue weighted by molar-refractivity contribution is 5.95. The Kier molecular flexibility index (Phi) is 4.50. The number of hydrogen-bond acceptors (Lipinski definition) is 2. The fraction of sp³-hybridized carbons (Fsp3) is 0.462.